The van der Waals surface area contributed by atoms with Gasteiger partial charge < -0.3 is 14.6 Å². The summed E-state index contributed by atoms with van der Waals surface area (Å²) in [5.41, 5.74) is 0.568. The van der Waals surface area contributed by atoms with E-state index in [9.17, 15) is 9.59 Å². The van der Waals surface area contributed by atoms with Gasteiger partial charge in [0.15, 0.2) is 5.43 Å². The highest BCUT2D eigenvalue weighted by Gasteiger charge is 2.10. The van der Waals surface area contributed by atoms with Crippen LogP contribution >= 0.6 is 11.6 Å². The Morgan fingerprint density at radius 2 is 2.19 bits per heavy atom. The van der Waals surface area contributed by atoms with Crippen molar-refractivity contribution in [2.75, 3.05) is 13.7 Å². The molecular weight excluding hydrogens is 292 g/mol. The number of fused-ring (bicyclic) bond motifs is 1. The Kier molecular flexibility index (Phi) is 4.98. The zero-order valence-electron chi connectivity index (χ0n) is 11.9. The van der Waals surface area contributed by atoms with Crippen LogP contribution in [0.15, 0.2) is 35.3 Å². The molecule has 5 nitrogen and oxygen atoms in total. The number of methoxy groups -OCH3 is 1. The first-order chi connectivity index (χ1) is 10.0. The molecule has 1 amide bonds. The van der Waals surface area contributed by atoms with Crippen LogP contribution in [0.2, 0.25) is 5.02 Å². The normalized spacial score (nSPS) is 12.3. The lowest BCUT2D eigenvalue weighted by Crippen LogP contribution is -2.37. The number of ether oxygens (including phenoxy) is 1. The van der Waals surface area contributed by atoms with Crippen molar-refractivity contribution in [2.24, 2.45) is 0 Å². The summed E-state index contributed by atoms with van der Waals surface area (Å²) in [6.45, 7) is 2.45. The van der Waals surface area contributed by atoms with E-state index in [0.29, 0.717) is 22.5 Å². The molecule has 2 aromatic rings. The van der Waals surface area contributed by atoms with Crippen LogP contribution in [0.25, 0.3) is 10.9 Å². The molecule has 0 radical (unpaired) electrons. The maximum Gasteiger partial charge on any atom is 0.240 e. The van der Waals surface area contributed by atoms with Crippen molar-refractivity contribution in [3.05, 3.63) is 45.7 Å². The summed E-state index contributed by atoms with van der Waals surface area (Å²) in [6.07, 6.45) is 1.61. The number of nitrogens with zero attached hydrogens (tertiary/aromatic N) is 1. The molecule has 1 aromatic heterocycles. The molecule has 0 aliphatic heterocycles. The molecule has 0 spiro atoms. The lowest BCUT2D eigenvalue weighted by molar-refractivity contribution is -0.122. The molecular formula is C15H17ClN2O3. The highest BCUT2D eigenvalue weighted by Crippen LogP contribution is 2.16. The van der Waals surface area contributed by atoms with E-state index in [1.54, 1.807) is 36.1 Å². The number of carbonyl (C=O) groups is 1. The first kappa shape index (κ1) is 15.5. The molecule has 0 saturated heterocycles. The minimum Gasteiger partial charge on any atom is -0.383 e. The highest BCUT2D eigenvalue weighted by atomic mass is 35.5. The van der Waals surface area contributed by atoms with Crippen LogP contribution in [0.3, 0.4) is 0 Å². The molecule has 0 fully saturated rings. The molecule has 6 heteroatoms. The number of hydrogen-bond donors (Lipinski definition) is 1. The van der Waals surface area contributed by atoms with Crippen LogP contribution in [0.4, 0.5) is 0 Å². The van der Waals surface area contributed by atoms with Gasteiger partial charge in [0.1, 0.15) is 6.54 Å². The number of benzene rings is 1. The Morgan fingerprint density at radius 1 is 1.43 bits per heavy atom. The number of halogens is 1. The largest absolute Gasteiger partial charge is 0.383 e. The second-order valence-electron chi connectivity index (χ2n) is 4.89. The van der Waals surface area contributed by atoms with E-state index in [2.05, 4.69) is 5.32 Å². The van der Waals surface area contributed by atoms with Crippen molar-refractivity contribution in [1.82, 2.24) is 9.88 Å². The monoisotopic (exact) mass is 308 g/mol. The summed E-state index contributed by atoms with van der Waals surface area (Å²) in [5.74, 6) is -0.139. The molecule has 21 heavy (non-hydrogen) atoms. The van der Waals surface area contributed by atoms with Crippen LogP contribution in [0.5, 0.6) is 0 Å². The molecule has 1 N–H and O–H groups in total. The third kappa shape index (κ3) is 3.83. The fraction of sp³-hybridized carbons (Fsp3) is 0.333. The summed E-state index contributed by atoms with van der Waals surface area (Å²) in [5, 5.41) is 3.83. The van der Waals surface area contributed by atoms with Crippen LogP contribution in [0.1, 0.15) is 6.92 Å². The number of nitrogens with one attached hydrogen (secondary N) is 1. The molecule has 2 rings (SSSR count). The number of carbonyl (C=O) groups excluding carboxylic acids is 1. The van der Waals surface area contributed by atoms with E-state index in [1.807, 2.05) is 6.92 Å². The summed E-state index contributed by atoms with van der Waals surface area (Å²) >= 11 is 5.91. The van der Waals surface area contributed by atoms with Crippen molar-refractivity contribution in [3.63, 3.8) is 0 Å². The second kappa shape index (κ2) is 6.74. The second-order valence-corrected chi connectivity index (χ2v) is 5.33. The van der Waals surface area contributed by atoms with Crippen LogP contribution in [-0.2, 0) is 16.1 Å². The van der Waals surface area contributed by atoms with Gasteiger partial charge in [-0.05, 0) is 25.1 Å². The number of pyridine rings is 1. The van der Waals surface area contributed by atoms with Crippen molar-refractivity contribution in [2.45, 2.75) is 19.5 Å². The van der Waals surface area contributed by atoms with Gasteiger partial charge in [0.2, 0.25) is 5.91 Å². The molecule has 112 valence electrons. The summed E-state index contributed by atoms with van der Waals surface area (Å²) in [7, 11) is 1.58. The smallest absolute Gasteiger partial charge is 0.240 e. The van der Waals surface area contributed by atoms with Gasteiger partial charge in [0.05, 0.1) is 12.1 Å². The fourth-order valence-corrected chi connectivity index (χ4v) is 2.36. The van der Waals surface area contributed by atoms with Gasteiger partial charge in [-0.1, -0.05) is 11.6 Å². The lowest BCUT2D eigenvalue weighted by Gasteiger charge is -2.15. The minimum absolute atomic E-state index is 0.0670. The highest BCUT2D eigenvalue weighted by molar-refractivity contribution is 6.31. The average Bonchev–Trinajstić information content (AvgIpc) is 2.42. The van der Waals surface area contributed by atoms with Crippen molar-refractivity contribution in [1.29, 1.82) is 0 Å². The summed E-state index contributed by atoms with van der Waals surface area (Å²) in [4.78, 5) is 23.8. The Balaban J connectivity index is 2.25. The Labute approximate surface area is 127 Å². The quantitative estimate of drug-likeness (QED) is 0.916. The number of aromatic nitrogens is 1. The summed E-state index contributed by atoms with van der Waals surface area (Å²) < 4.78 is 6.70. The molecule has 0 aliphatic carbocycles. The summed E-state index contributed by atoms with van der Waals surface area (Å²) in [6, 6.07) is 6.42. The van der Waals surface area contributed by atoms with Gasteiger partial charge >= 0.3 is 0 Å². The maximum absolute atomic E-state index is 12.0. The van der Waals surface area contributed by atoms with E-state index >= 15 is 0 Å². The molecule has 1 atom stereocenters. The van der Waals surface area contributed by atoms with Gasteiger partial charge in [-0.25, -0.2) is 0 Å². The molecule has 0 bridgehead atoms. The van der Waals surface area contributed by atoms with Gasteiger partial charge in [-0.15, -0.1) is 0 Å². The molecule has 1 aromatic carbocycles. The Hall–Kier alpha value is -1.85. The lowest BCUT2D eigenvalue weighted by atomic mass is 10.2. The van der Waals surface area contributed by atoms with Crippen molar-refractivity contribution in [3.8, 4) is 0 Å². The predicted octanol–water partition coefficient (Wildman–Crippen LogP) is 1.81. The SMILES string of the molecule is COCC(C)NC(=O)Cn1ccc(=O)c2cc(Cl)ccc21. The predicted molar refractivity (Wildman–Crippen MR) is 82.7 cm³/mol. The zero-order chi connectivity index (χ0) is 15.4. The van der Waals surface area contributed by atoms with Gasteiger partial charge in [-0.3, -0.25) is 9.59 Å². The maximum atomic E-state index is 12.0. The molecule has 0 aliphatic rings. The van der Waals surface area contributed by atoms with Crippen LogP contribution < -0.4 is 10.7 Å². The van der Waals surface area contributed by atoms with E-state index in [-0.39, 0.29) is 23.9 Å². The van der Waals surface area contributed by atoms with Crippen LogP contribution in [-0.4, -0.2) is 30.2 Å². The topological polar surface area (TPSA) is 60.3 Å². The van der Waals surface area contributed by atoms with Crippen molar-refractivity contribution >= 4 is 28.4 Å². The Morgan fingerprint density at radius 3 is 2.90 bits per heavy atom. The number of hydrogen-bond acceptors (Lipinski definition) is 3. The first-order valence-electron chi connectivity index (χ1n) is 6.58. The molecule has 0 saturated carbocycles. The molecule has 1 unspecified atom stereocenters. The fourth-order valence-electron chi connectivity index (χ4n) is 2.19. The Bertz CT molecular complexity index is 712. The van der Waals surface area contributed by atoms with Gasteiger partial charge in [0.25, 0.3) is 0 Å². The van der Waals surface area contributed by atoms with E-state index < -0.39 is 0 Å². The van der Waals surface area contributed by atoms with Crippen molar-refractivity contribution < 1.29 is 9.53 Å². The number of rotatable bonds is 5. The molecule has 1 heterocycles. The van der Waals surface area contributed by atoms with Gasteiger partial charge in [0, 0.05) is 35.8 Å². The van der Waals surface area contributed by atoms with E-state index in [4.69, 9.17) is 16.3 Å². The zero-order valence-corrected chi connectivity index (χ0v) is 12.7. The average molecular weight is 309 g/mol. The van der Waals surface area contributed by atoms with E-state index in [0.717, 1.165) is 0 Å². The third-order valence-electron chi connectivity index (χ3n) is 3.08. The minimum atomic E-state index is -0.139. The first-order valence-corrected chi connectivity index (χ1v) is 6.96. The third-order valence-corrected chi connectivity index (χ3v) is 3.31. The standard InChI is InChI=1S/C15H17ClN2O3/c1-10(9-21-2)17-15(20)8-18-6-5-14(19)12-7-11(16)3-4-13(12)18/h3-7,10H,8-9H2,1-2H3,(H,17,20). The number of amides is 1. The van der Waals surface area contributed by atoms with E-state index in [1.165, 1.54) is 6.07 Å². The van der Waals surface area contributed by atoms with Crippen LogP contribution in [0, 0.1) is 0 Å². The van der Waals surface area contributed by atoms with Gasteiger partial charge in [-0.2, -0.15) is 0 Å².